The van der Waals surface area contributed by atoms with Gasteiger partial charge in [-0.25, -0.2) is 0 Å². The lowest BCUT2D eigenvalue weighted by molar-refractivity contribution is 0.199. The Morgan fingerprint density at radius 3 is 2.89 bits per heavy atom. The summed E-state index contributed by atoms with van der Waals surface area (Å²) >= 11 is 5.57. The van der Waals surface area contributed by atoms with Crippen molar-refractivity contribution in [3.63, 3.8) is 0 Å². The van der Waals surface area contributed by atoms with Gasteiger partial charge in [0.25, 0.3) is 0 Å². The molecule has 0 aliphatic carbocycles. The monoisotopic (exact) mass is 331 g/mol. The Hall–Kier alpha value is -0.0300. The summed E-state index contributed by atoms with van der Waals surface area (Å²) in [6, 6.07) is 6.60. The van der Waals surface area contributed by atoms with E-state index in [1.807, 2.05) is 11.8 Å². The van der Waals surface area contributed by atoms with E-state index in [1.165, 1.54) is 33.5 Å². The Morgan fingerprint density at radius 1 is 1.39 bits per heavy atom. The Labute approximate surface area is 123 Å². The molecular weight excluding hydrogens is 310 g/mol. The summed E-state index contributed by atoms with van der Waals surface area (Å²) in [5.74, 6) is 1.19. The zero-order valence-corrected chi connectivity index (χ0v) is 13.6. The summed E-state index contributed by atoms with van der Waals surface area (Å²) in [5.41, 5.74) is 1.30. The van der Waals surface area contributed by atoms with E-state index in [0.29, 0.717) is 0 Å². The molecule has 0 radical (unpaired) electrons. The molecule has 1 aromatic rings. The third-order valence-electron chi connectivity index (χ3n) is 2.56. The highest BCUT2D eigenvalue weighted by atomic mass is 79.9. The molecule has 0 bridgehead atoms. The van der Waals surface area contributed by atoms with Crippen LogP contribution in [0.25, 0.3) is 0 Å². The van der Waals surface area contributed by atoms with E-state index in [9.17, 15) is 0 Å². The van der Waals surface area contributed by atoms with Crippen molar-refractivity contribution in [3.05, 3.63) is 28.2 Å². The zero-order chi connectivity index (χ0) is 13.2. The van der Waals surface area contributed by atoms with E-state index in [1.54, 1.807) is 7.11 Å². The normalized spacial score (nSPS) is 10.8. The van der Waals surface area contributed by atoms with Gasteiger partial charge < -0.3 is 10.1 Å². The highest BCUT2D eigenvalue weighted by Gasteiger charge is 2.02. The van der Waals surface area contributed by atoms with Crippen molar-refractivity contribution >= 4 is 27.7 Å². The highest BCUT2D eigenvalue weighted by molar-refractivity contribution is 9.10. The molecule has 0 atom stereocenters. The average Bonchev–Trinajstić information content (AvgIpc) is 2.37. The van der Waals surface area contributed by atoms with Gasteiger partial charge in [0, 0.05) is 29.6 Å². The molecule has 2 nitrogen and oxygen atoms in total. The lowest BCUT2D eigenvalue weighted by Gasteiger charge is -2.08. The van der Waals surface area contributed by atoms with E-state index in [4.69, 9.17) is 4.74 Å². The summed E-state index contributed by atoms with van der Waals surface area (Å²) < 4.78 is 6.21. The predicted molar refractivity (Wildman–Crippen MR) is 83.4 cm³/mol. The molecule has 0 aliphatic rings. The van der Waals surface area contributed by atoms with E-state index < -0.39 is 0 Å². The van der Waals surface area contributed by atoms with E-state index >= 15 is 0 Å². The maximum absolute atomic E-state index is 5.00. The quantitative estimate of drug-likeness (QED) is 0.544. The standard InChI is InChI=1S/C14H22BrNOS/c1-3-4-9-18-14-6-5-12(10-13(14)15)11-16-7-8-17-2/h5-6,10,16H,3-4,7-9,11H2,1-2H3. The molecule has 0 amide bonds. The van der Waals surface area contributed by atoms with Gasteiger partial charge in [-0.05, 0) is 45.8 Å². The Bertz CT molecular complexity index is 347. The van der Waals surface area contributed by atoms with Gasteiger partial charge in [0.05, 0.1) is 6.61 Å². The smallest absolute Gasteiger partial charge is 0.0587 e. The number of rotatable bonds is 9. The molecular formula is C14H22BrNOS. The molecule has 0 heterocycles. The number of unbranched alkanes of at least 4 members (excludes halogenated alkanes) is 1. The predicted octanol–water partition coefficient (Wildman–Crippen LogP) is 4.08. The first kappa shape index (κ1) is 16.0. The number of halogens is 1. The van der Waals surface area contributed by atoms with E-state index in [2.05, 4.69) is 46.4 Å². The van der Waals surface area contributed by atoms with Crippen LogP contribution < -0.4 is 5.32 Å². The lowest BCUT2D eigenvalue weighted by Crippen LogP contribution is -2.18. The number of hydrogen-bond acceptors (Lipinski definition) is 3. The molecule has 18 heavy (non-hydrogen) atoms. The Kier molecular flexibility index (Phi) is 8.76. The SMILES string of the molecule is CCCCSc1ccc(CNCCOC)cc1Br. The van der Waals surface area contributed by atoms with Crippen molar-refractivity contribution in [1.29, 1.82) is 0 Å². The van der Waals surface area contributed by atoms with Gasteiger partial charge >= 0.3 is 0 Å². The van der Waals surface area contributed by atoms with Gasteiger partial charge in [0.1, 0.15) is 0 Å². The molecule has 0 saturated heterocycles. The van der Waals surface area contributed by atoms with Gasteiger partial charge in [-0.2, -0.15) is 0 Å². The summed E-state index contributed by atoms with van der Waals surface area (Å²) in [6.07, 6.45) is 2.53. The van der Waals surface area contributed by atoms with Crippen molar-refractivity contribution in [3.8, 4) is 0 Å². The van der Waals surface area contributed by atoms with Crippen LogP contribution in [0.5, 0.6) is 0 Å². The van der Waals surface area contributed by atoms with Crippen molar-refractivity contribution in [2.24, 2.45) is 0 Å². The summed E-state index contributed by atoms with van der Waals surface area (Å²) in [4.78, 5) is 1.34. The zero-order valence-electron chi connectivity index (χ0n) is 11.2. The van der Waals surface area contributed by atoms with E-state index in [-0.39, 0.29) is 0 Å². The molecule has 0 spiro atoms. The summed E-state index contributed by atoms with van der Waals surface area (Å²) in [7, 11) is 1.72. The molecule has 0 aliphatic heterocycles. The van der Waals surface area contributed by atoms with Crippen LogP contribution >= 0.6 is 27.7 Å². The van der Waals surface area contributed by atoms with Crippen LogP contribution in [0.4, 0.5) is 0 Å². The number of thioether (sulfide) groups is 1. The molecule has 102 valence electrons. The maximum atomic E-state index is 5.00. The third kappa shape index (κ3) is 6.23. The maximum Gasteiger partial charge on any atom is 0.0587 e. The van der Waals surface area contributed by atoms with Crippen LogP contribution in [0.2, 0.25) is 0 Å². The van der Waals surface area contributed by atoms with Crippen LogP contribution in [-0.2, 0) is 11.3 Å². The van der Waals surface area contributed by atoms with Crippen molar-refractivity contribution in [1.82, 2.24) is 5.32 Å². The third-order valence-corrected chi connectivity index (χ3v) is 4.64. The van der Waals surface area contributed by atoms with Crippen LogP contribution in [0.1, 0.15) is 25.3 Å². The van der Waals surface area contributed by atoms with Crippen LogP contribution in [-0.4, -0.2) is 26.0 Å². The number of hydrogen-bond donors (Lipinski definition) is 1. The fourth-order valence-corrected chi connectivity index (χ4v) is 3.29. The number of benzene rings is 1. The lowest BCUT2D eigenvalue weighted by atomic mass is 10.2. The minimum absolute atomic E-state index is 0.756. The molecule has 1 rings (SSSR count). The molecule has 0 unspecified atom stereocenters. The molecule has 0 aromatic heterocycles. The number of methoxy groups -OCH3 is 1. The van der Waals surface area contributed by atoms with Crippen molar-refractivity contribution < 1.29 is 4.74 Å². The van der Waals surface area contributed by atoms with Gasteiger partial charge in [-0.1, -0.05) is 19.4 Å². The topological polar surface area (TPSA) is 21.3 Å². The van der Waals surface area contributed by atoms with E-state index in [0.717, 1.165) is 19.7 Å². The van der Waals surface area contributed by atoms with Gasteiger partial charge in [0.15, 0.2) is 0 Å². The number of nitrogens with one attached hydrogen (secondary N) is 1. The second-order valence-corrected chi connectivity index (χ2v) is 6.13. The average molecular weight is 332 g/mol. The van der Waals surface area contributed by atoms with Crippen LogP contribution in [0.3, 0.4) is 0 Å². The molecule has 4 heteroatoms. The first-order valence-electron chi connectivity index (χ1n) is 6.38. The minimum Gasteiger partial charge on any atom is -0.383 e. The van der Waals surface area contributed by atoms with Crippen molar-refractivity contribution in [2.45, 2.75) is 31.2 Å². The second-order valence-electron chi connectivity index (χ2n) is 4.14. The second kappa shape index (κ2) is 9.84. The van der Waals surface area contributed by atoms with Crippen LogP contribution in [0, 0.1) is 0 Å². The fourth-order valence-electron chi connectivity index (χ4n) is 1.50. The molecule has 0 saturated carbocycles. The minimum atomic E-state index is 0.756. The Morgan fingerprint density at radius 2 is 2.22 bits per heavy atom. The summed E-state index contributed by atoms with van der Waals surface area (Å²) in [5, 5.41) is 3.35. The molecule has 1 N–H and O–H groups in total. The summed E-state index contributed by atoms with van der Waals surface area (Å²) in [6.45, 7) is 4.76. The van der Waals surface area contributed by atoms with Gasteiger partial charge in [0.2, 0.25) is 0 Å². The Balaban J connectivity index is 2.41. The number of ether oxygens (including phenoxy) is 1. The van der Waals surface area contributed by atoms with Gasteiger partial charge in [-0.3, -0.25) is 0 Å². The molecule has 0 fully saturated rings. The largest absolute Gasteiger partial charge is 0.383 e. The first-order valence-corrected chi connectivity index (χ1v) is 8.16. The highest BCUT2D eigenvalue weighted by Crippen LogP contribution is 2.29. The van der Waals surface area contributed by atoms with Crippen molar-refractivity contribution in [2.75, 3.05) is 26.0 Å². The van der Waals surface area contributed by atoms with Gasteiger partial charge in [-0.15, -0.1) is 11.8 Å². The fraction of sp³-hybridized carbons (Fsp3) is 0.571. The molecule has 1 aromatic carbocycles. The first-order chi connectivity index (χ1) is 8.77. The van der Waals surface area contributed by atoms with Crippen LogP contribution in [0.15, 0.2) is 27.6 Å².